The summed E-state index contributed by atoms with van der Waals surface area (Å²) in [6.45, 7) is 3.43. The Morgan fingerprint density at radius 2 is 2.24 bits per heavy atom. The fraction of sp³-hybridized carbons (Fsp3) is 0.429. The highest BCUT2D eigenvalue weighted by Crippen LogP contribution is 2.19. The summed E-state index contributed by atoms with van der Waals surface area (Å²) in [7, 11) is 0. The fourth-order valence-corrected chi connectivity index (χ4v) is 2.22. The summed E-state index contributed by atoms with van der Waals surface area (Å²) < 4.78 is 13.0. The number of benzene rings is 1. The summed E-state index contributed by atoms with van der Waals surface area (Å²) in [5.41, 5.74) is 6.24. The van der Waals surface area contributed by atoms with Gasteiger partial charge in [-0.05, 0) is 25.1 Å². The van der Waals surface area contributed by atoms with Gasteiger partial charge >= 0.3 is 0 Å². The van der Waals surface area contributed by atoms with E-state index in [4.69, 9.17) is 5.73 Å². The van der Waals surface area contributed by atoms with E-state index in [1.54, 1.807) is 6.92 Å². The lowest BCUT2D eigenvalue weighted by Gasteiger charge is -2.26. The van der Waals surface area contributed by atoms with E-state index in [1.807, 2.05) is 4.90 Å². The summed E-state index contributed by atoms with van der Waals surface area (Å²) in [4.78, 5) is 25.5. The van der Waals surface area contributed by atoms with Gasteiger partial charge in [0.15, 0.2) is 0 Å². The van der Waals surface area contributed by atoms with E-state index >= 15 is 0 Å². The smallest absolute Gasteiger partial charge is 0.241 e. The first-order chi connectivity index (χ1) is 9.97. The lowest BCUT2D eigenvalue weighted by atomic mass is 10.2. The van der Waals surface area contributed by atoms with E-state index < -0.39 is 11.9 Å². The van der Waals surface area contributed by atoms with Crippen molar-refractivity contribution in [3.05, 3.63) is 24.0 Å². The molecule has 114 valence electrons. The Hall–Kier alpha value is -2.15. The van der Waals surface area contributed by atoms with Crippen LogP contribution < -0.4 is 16.4 Å². The molecule has 7 heteroatoms. The van der Waals surface area contributed by atoms with Crippen LogP contribution in [0.1, 0.15) is 13.3 Å². The van der Waals surface area contributed by atoms with Crippen LogP contribution in [0, 0.1) is 5.82 Å². The van der Waals surface area contributed by atoms with Crippen LogP contribution in [0.4, 0.5) is 15.8 Å². The molecule has 0 radical (unpaired) electrons. The maximum atomic E-state index is 13.0. The van der Waals surface area contributed by atoms with E-state index in [9.17, 15) is 14.0 Å². The molecule has 1 aliphatic rings. The summed E-state index contributed by atoms with van der Waals surface area (Å²) in [5, 5.41) is 5.45. The van der Waals surface area contributed by atoms with Crippen molar-refractivity contribution in [1.29, 1.82) is 0 Å². The molecule has 2 amide bonds. The number of nitrogens with zero attached hydrogens (tertiary/aromatic N) is 1. The highest BCUT2D eigenvalue weighted by Gasteiger charge is 2.24. The number of halogens is 1. The van der Waals surface area contributed by atoms with Crippen molar-refractivity contribution in [2.24, 2.45) is 0 Å². The Kier molecular flexibility index (Phi) is 4.74. The van der Waals surface area contributed by atoms with E-state index in [0.29, 0.717) is 31.7 Å². The van der Waals surface area contributed by atoms with Gasteiger partial charge in [-0.3, -0.25) is 14.5 Å². The van der Waals surface area contributed by atoms with Crippen molar-refractivity contribution in [2.75, 3.05) is 30.7 Å². The molecule has 0 spiro atoms. The normalized spacial score (nSPS) is 17.7. The SMILES string of the molecule is CC(C(=O)Nc1ccc(F)cc1N)N1CCNC(=O)CC1. The van der Waals surface area contributed by atoms with Crippen LogP contribution in [0.25, 0.3) is 0 Å². The molecule has 0 aromatic heterocycles. The zero-order valence-electron chi connectivity index (χ0n) is 11.9. The standard InChI is InChI=1S/C14H19FN4O2/c1-9(19-6-4-13(20)17-5-7-19)14(21)18-12-3-2-10(15)8-11(12)16/h2-3,8-9H,4-7,16H2,1H3,(H,17,20)(H,18,21). The third-order valence-corrected chi connectivity index (χ3v) is 3.55. The molecule has 1 atom stereocenters. The van der Waals surface area contributed by atoms with Crippen LogP contribution in [0.15, 0.2) is 18.2 Å². The van der Waals surface area contributed by atoms with Gasteiger partial charge in [0.2, 0.25) is 11.8 Å². The number of nitrogen functional groups attached to an aromatic ring is 1. The molecule has 0 aliphatic carbocycles. The van der Waals surface area contributed by atoms with Crippen molar-refractivity contribution in [1.82, 2.24) is 10.2 Å². The van der Waals surface area contributed by atoms with E-state index in [-0.39, 0.29) is 17.5 Å². The first-order valence-corrected chi connectivity index (χ1v) is 6.84. The quantitative estimate of drug-likeness (QED) is 0.711. The molecule has 1 aromatic rings. The van der Waals surface area contributed by atoms with Crippen molar-refractivity contribution >= 4 is 23.2 Å². The molecule has 1 aromatic carbocycles. The molecule has 1 heterocycles. The Morgan fingerprint density at radius 1 is 1.48 bits per heavy atom. The largest absolute Gasteiger partial charge is 0.397 e. The molecule has 0 saturated carbocycles. The van der Waals surface area contributed by atoms with E-state index in [2.05, 4.69) is 10.6 Å². The molecule has 6 nitrogen and oxygen atoms in total. The Labute approximate surface area is 122 Å². The molecule has 1 fully saturated rings. The minimum Gasteiger partial charge on any atom is -0.397 e. The number of hydrogen-bond acceptors (Lipinski definition) is 4. The van der Waals surface area contributed by atoms with Gasteiger partial charge < -0.3 is 16.4 Å². The number of hydrogen-bond donors (Lipinski definition) is 3. The molecule has 4 N–H and O–H groups in total. The van der Waals surface area contributed by atoms with Gasteiger partial charge in [0, 0.05) is 26.1 Å². The van der Waals surface area contributed by atoms with Crippen LogP contribution in [-0.4, -0.2) is 42.4 Å². The fourth-order valence-electron chi connectivity index (χ4n) is 2.22. The van der Waals surface area contributed by atoms with Crippen molar-refractivity contribution < 1.29 is 14.0 Å². The number of rotatable bonds is 3. The van der Waals surface area contributed by atoms with E-state index in [0.717, 1.165) is 6.07 Å². The van der Waals surface area contributed by atoms with Crippen LogP contribution >= 0.6 is 0 Å². The number of anilines is 2. The minimum absolute atomic E-state index is 0.00659. The molecular weight excluding hydrogens is 275 g/mol. The third kappa shape index (κ3) is 3.91. The average molecular weight is 294 g/mol. The number of carbonyl (C=O) groups is 2. The third-order valence-electron chi connectivity index (χ3n) is 3.55. The van der Waals surface area contributed by atoms with Crippen molar-refractivity contribution in [3.8, 4) is 0 Å². The zero-order chi connectivity index (χ0) is 15.4. The Bertz CT molecular complexity index is 550. The first kappa shape index (κ1) is 15.2. The lowest BCUT2D eigenvalue weighted by Crippen LogP contribution is -2.43. The van der Waals surface area contributed by atoms with Crippen LogP contribution in [-0.2, 0) is 9.59 Å². The van der Waals surface area contributed by atoms with Gasteiger partial charge in [0.05, 0.1) is 17.4 Å². The van der Waals surface area contributed by atoms with Crippen molar-refractivity contribution in [3.63, 3.8) is 0 Å². The molecule has 1 aliphatic heterocycles. The summed E-state index contributed by atoms with van der Waals surface area (Å²) in [6.07, 6.45) is 0.371. The minimum atomic E-state index is -0.448. The number of carbonyl (C=O) groups excluding carboxylic acids is 2. The van der Waals surface area contributed by atoms with Crippen LogP contribution in [0.5, 0.6) is 0 Å². The average Bonchev–Trinajstić information content (AvgIpc) is 2.66. The second-order valence-corrected chi connectivity index (χ2v) is 5.03. The molecule has 0 bridgehead atoms. The van der Waals surface area contributed by atoms with Gasteiger partial charge in [0.1, 0.15) is 5.82 Å². The predicted molar refractivity (Wildman–Crippen MR) is 78.1 cm³/mol. The zero-order valence-corrected chi connectivity index (χ0v) is 11.9. The maximum absolute atomic E-state index is 13.0. The lowest BCUT2D eigenvalue weighted by molar-refractivity contribution is -0.122. The van der Waals surface area contributed by atoms with Gasteiger partial charge in [-0.2, -0.15) is 0 Å². The highest BCUT2D eigenvalue weighted by atomic mass is 19.1. The molecule has 1 unspecified atom stereocenters. The second kappa shape index (κ2) is 6.53. The number of amides is 2. The highest BCUT2D eigenvalue weighted by molar-refractivity contribution is 5.97. The Morgan fingerprint density at radius 3 is 2.95 bits per heavy atom. The molecular formula is C14H19FN4O2. The predicted octanol–water partition coefficient (Wildman–Crippen LogP) is 0.557. The number of nitrogens with two attached hydrogens (primary N) is 1. The summed E-state index contributed by atoms with van der Waals surface area (Å²) >= 11 is 0. The van der Waals surface area contributed by atoms with Crippen LogP contribution in [0.3, 0.4) is 0 Å². The molecule has 1 saturated heterocycles. The van der Waals surface area contributed by atoms with Gasteiger partial charge in [-0.1, -0.05) is 0 Å². The van der Waals surface area contributed by atoms with E-state index in [1.165, 1.54) is 12.1 Å². The topological polar surface area (TPSA) is 87.5 Å². The maximum Gasteiger partial charge on any atom is 0.241 e. The molecule has 21 heavy (non-hydrogen) atoms. The monoisotopic (exact) mass is 294 g/mol. The van der Waals surface area contributed by atoms with Crippen molar-refractivity contribution in [2.45, 2.75) is 19.4 Å². The number of nitrogens with one attached hydrogen (secondary N) is 2. The van der Waals surface area contributed by atoms with Gasteiger partial charge in [-0.25, -0.2) is 4.39 Å². The van der Waals surface area contributed by atoms with Crippen LogP contribution in [0.2, 0.25) is 0 Å². The van der Waals surface area contributed by atoms with Gasteiger partial charge in [-0.15, -0.1) is 0 Å². The second-order valence-electron chi connectivity index (χ2n) is 5.03. The van der Waals surface area contributed by atoms with Gasteiger partial charge in [0.25, 0.3) is 0 Å². The summed E-state index contributed by atoms with van der Waals surface area (Å²) in [6, 6.07) is 3.44. The first-order valence-electron chi connectivity index (χ1n) is 6.84. The Balaban J connectivity index is 2.00. The molecule has 2 rings (SSSR count). The summed E-state index contributed by atoms with van der Waals surface area (Å²) in [5.74, 6) is -0.689.